The van der Waals surface area contributed by atoms with Crippen molar-refractivity contribution in [3.63, 3.8) is 0 Å². The second-order valence-electron chi connectivity index (χ2n) is 1.86. The fourth-order valence-electron chi connectivity index (χ4n) is 0.414. The maximum Gasteiger partial charge on any atom is 0.305 e. The van der Waals surface area contributed by atoms with Crippen LogP contribution in [-0.4, -0.2) is 26.2 Å². The molecule has 0 aromatic rings. The predicted molar refractivity (Wildman–Crippen MR) is 42.5 cm³/mol. The molecule has 0 aliphatic rings. The number of esters is 2. The molecule has 0 N–H and O–H groups in total. The van der Waals surface area contributed by atoms with Crippen LogP contribution in [-0.2, 0) is 19.1 Å². The van der Waals surface area contributed by atoms with Crippen LogP contribution in [0.3, 0.4) is 0 Å². The molecule has 0 aliphatic carbocycles. The SMILES string of the molecule is [2H]C([2H])(CC(=O)OC)C([2H])([2H])CC(=O)OC. The highest BCUT2D eigenvalue weighted by Gasteiger charge is 2.02. The van der Waals surface area contributed by atoms with E-state index in [9.17, 15) is 9.59 Å². The van der Waals surface area contributed by atoms with Crippen LogP contribution in [0.4, 0.5) is 0 Å². The summed E-state index contributed by atoms with van der Waals surface area (Å²) in [5, 5.41) is 0. The van der Waals surface area contributed by atoms with Crippen LogP contribution in [0.15, 0.2) is 0 Å². The van der Waals surface area contributed by atoms with E-state index >= 15 is 0 Å². The summed E-state index contributed by atoms with van der Waals surface area (Å²) in [6, 6.07) is 0. The summed E-state index contributed by atoms with van der Waals surface area (Å²) in [4.78, 5) is 21.8. The zero-order valence-electron chi connectivity index (χ0n) is 11.0. The molecule has 70 valence electrons. The molecule has 0 spiro atoms. The minimum atomic E-state index is -2.49. The first kappa shape index (κ1) is 5.56. The van der Waals surface area contributed by atoms with Crippen molar-refractivity contribution < 1.29 is 24.5 Å². The van der Waals surface area contributed by atoms with Crippen molar-refractivity contribution in [2.75, 3.05) is 14.2 Å². The highest BCUT2D eigenvalue weighted by Crippen LogP contribution is 2.01. The Hall–Kier alpha value is -1.06. The van der Waals surface area contributed by atoms with E-state index in [-0.39, 0.29) is 0 Å². The highest BCUT2D eigenvalue weighted by atomic mass is 16.5. The molecule has 0 fully saturated rings. The van der Waals surface area contributed by atoms with Gasteiger partial charge in [0.1, 0.15) is 0 Å². The topological polar surface area (TPSA) is 52.6 Å². The predicted octanol–water partition coefficient (Wildman–Crippen LogP) is 0.893. The molecule has 0 saturated heterocycles. The maximum atomic E-state index is 10.9. The van der Waals surface area contributed by atoms with Gasteiger partial charge in [-0.25, -0.2) is 0 Å². The van der Waals surface area contributed by atoms with Gasteiger partial charge < -0.3 is 9.47 Å². The van der Waals surface area contributed by atoms with E-state index in [1.54, 1.807) is 0 Å². The molecule has 0 unspecified atom stereocenters. The monoisotopic (exact) mass is 178 g/mol. The number of hydrogen-bond acceptors (Lipinski definition) is 4. The molecule has 0 rings (SSSR count). The van der Waals surface area contributed by atoms with Crippen molar-refractivity contribution in [3.05, 3.63) is 0 Å². The van der Waals surface area contributed by atoms with Crippen LogP contribution in [0.1, 0.15) is 31.1 Å². The summed E-state index contributed by atoms with van der Waals surface area (Å²) in [5.41, 5.74) is 0. The Kier molecular flexibility index (Phi) is 3.08. The van der Waals surface area contributed by atoms with Gasteiger partial charge in [0.2, 0.25) is 0 Å². The molecule has 12 heavy (non-hydrogen) atoms. The standard InChI is InChI=1S/C8H14O4/c1-11-7(9)5-3-4-6-8(10)12-2/h3-6H2,1-2H3/i3D2,4D2. The van der Waals surface area contributed by atoms with Gasteiger partial charge in [0.15, 0.2) is 0 Å². The molecular formula is C8H14O4. The van der Waals surface area contributed by atoms with E-state index in [0.717, 1.165) is 14.2 Å². The third-order valence-corrected chi connectivity index (χ3v) is 1.05. The number of rotatable bonds is 5. The Morgan fingerprint density at radius 1 is 1.08 bits per heavy atom. The summed E-state index contributed by atoms with van der Waals surface area (Å²) in [7, 11) is 2.16. The Morgan fingerprint density at radius 3 is 1.67 bits per heavy atom. The van der Waals surface area contributed by atoms with E-state index in [0.29, 0.717) is 0 Å². The first-order valence-electron chi connectivity index (χ1n) is 5.30. The van der Waals surface area contributed by atoms with Gasteiger partial charge in [0.25, 0.3) is 0 Å². The van der Waals surface area contributed by atoms with Crippen LogP contribution in [0.2, 0.25) is 0 Å². The fourth-order valence-corrected chi connectivity index (χ4v) is 0.414. The van der Waals surface area contributed by atoms with Crippen LogP contribution in [0.25, 0.3) is 0 Å². The van der Waals surface area contributed by atoms with Gasteiger partial charge in [0.05, 0.1) is 14.2 Å². The van der Waals surface area contributed by atoms with Crippen LogP contribution in [0.5, 0.6) is 0 Å². The molecule has 0 bridgehead atoms. The minimum Gasteiger partial charge on any atom is -0.469 e. The van der Waals surface area contributed by atoms with Crippen molar-refractivity contribution in [1.29, 1.82) is 0 Å². The third-order valence-electron chi connectivity index (χ3n) is 1.05. The lowest BCUT2D eigenvalue weighted by Crippen LogP contribution is -2.02. The molecule has 0 aliphatic heterocycles. The highest BCUT2D eigenvalue weighted by molar-refractivity contribution is 5.70. The molecule has 4 heteroatoms. The average Bonchev–Trinajstić information content (AvgIpc) is 2.15. The molecular weight excluding hydrogens is 160 g/mol. The number of hydrogen-bond donors (Lipinski definition) is 0. The Labute approximate surface area is 77.5 Å². The molecule has 0 heterocycles. The largest absolute Gasteiger partial charge is 0.469 e. The molecule has 0 saturated carbocycles. The van der Waals surface area contributed by atoms with E-state index < -0.39 is 37.5 Å². The summed E-state index contributed by atoms with van der Waals surface area (Å²) in [6.45, 7) is 0. The average molecular weight is 178 g/mol. The van der Waals surface area contributed by atoms with Gasteiger partial charge in [0, 0.05) is 18.3 Å². The molecule has 0 atom stereocenters. The quantitative estimate of drug-likeness (QED) is 0.587. The van der Waals surface area contributed by atoms with Gasteiger partial charge in [-0.2, -0.15) is 0 Å². The normalized spacial score (nSPS) is 16.5. The zero-order valence-corrected chi connectivity index (χ0v) is 7.05. The van der Waals surface area contributed by atoms with Gasteiger partial charge in [-0.15, -0.1) is 0 Å². The number of carbonyl (C=O) groups is 2. The minimum absolute atomic E-state index is 0.756. The fraction of sp³-hybridized carbons (Fsp3) is 0.750. The summed E-state index contributed by atoms with van der Waals surface area (Å²) in [5.74, 6) is -1.75. The Balaban J connectivity index is 4.69. The zero-order chi connectivity index (χ0) is 13.0. The lowest BCUT2D eigenvalue weighted by Gasteiger charge is -1.98. The van der Waals surface area contributed by atoms with Gasteiger partial charge in [-0.3, -0.25) is 9.59 Å². The Morgan fingerprint density at radius 2 is 1.42 bits per heavy atom. The van der Waals surface area contributed by atoms with E-state index in [4.69, 9.17) is 5.48 Å². The first-order chi connectivity index (χ1) is 7.16. The van der Waals surface area contributed by atoms with Crippen molar-refractivity contribution in [1.82, 2.24) is 0 Å². The third kappa shape index (κ3) is 5.70. The molecule has 0 aromatic carbocycles. The number of carbonyl (C=O) groups excluding carboxylic acids is 2. The van der Waals surface area contributed by atoms with Crippen molar-refractivity contribution >= 4 is 11.9 Å². The van der Waals surface area contributed by atoms with Gasteiger partial charge in [-0.1, -0.05) is 0 Å². The molecule has 0 amide bonds. The summed E-state index contributed by atoms with van der Waals surface area (Å²) >= 11 is 0. The van der Waals surface area contributed by atoms with Crippen LogP contribution < -0.4 is 0 Å². The summed E-state index contributed by atoms with van der Waals surface area (Å²) in [6.07, 6.45) is -6.50. The van der Waals surface area contributed by atoms with Crippen molar-refractivity contribution in [2.45, 2.75) is 25.6 Å². The lowest BCUT2D eigenvalue weighted by atomic mass is 10.2. The molecule has 0 radical (unpaired) electrons. The van der Waals surface area contributed by atoms with E-state index in [2.05, 4.69) is 9.47 Å². The number of ether oxygens (including phenoxy) is 2. The maximum absolute atomic E-state index is 10.9. The second-order valence-corrected chi connectivity index (χ2v) is 1.86. The summed E-state index contributed by atoms with van der Waals surface area (Å²) < 4.78 is 38.2. The van der Waals surface area contributed by atoms with E-state index in [1.165, 1.54) is 0 Å². The van der Waals surface area contributed by atoms with Crippen molar-refractivity contribution in [2.24, 2.45) is 0 Å². The van der Waals surface area contributed by atoms with Gasteiger partial charge in [-0.05, 0) is 12.7 Å². The number of methoxy groups -OCH3 is 2. The van der Waals surface area contributed by atoms with Crippen LogP contribution in [0, 0.1) is 0 Å². The van der Waals surface area contributed by atoms with Gasteiger partial charge >= 0.3 is 11.9 Å². The molecule has 0 aromatic heterocycles. The lowest BCUT2D eigenvalue weighted by molar-refractivity contribution is -0.142. The molecule has 4 nitrogen and oxygen atoms in total. The van der Waals surface area contributed by atoms with Crippen LogP contribution >= 0.6 is 0 Å². The smallest absolute Gasteiger partial charge is 0.305 e. The first-order valence-corrected chi connectivity index (χ1v) is 3.30. The van der Waals surface area contributed by atoms with Crippen molar-refractivity contribution in [3.8, 4) is 0 Å². The Bertz CT molecular complexity index is 249. The second kappa shape index (κ2) is 6.64. The van der Waals surface area contributed by atoms with E-state index in [1.807, 2.05) is 0 Å².